The van der Waals surface area contributed by atoms with Gasteiger partial charge in [0.1, 0.15) is 5.75 Å². The van der Waals surface area contributed by atoms with E-state index in [0.717, 1.165) is 22.3 Å². The minimum Gasteiger partial charge on any atom is -0.508 e. The number of rotatable bonds is 5. The SMILES string of the molecule is CN(C)Cc1ccc(NCc2cc(Br)ccc2O)cc1. The van der Waals surface area contributed by atoms with Crippen molar-refractivity contribution in [3.8, 4) is 5.75 Å². The van der Waals surface area contributed by atoms with Crippen LogP contribution in [0.25, 0.3) is 0 Å². The number of hydrogen-bond acceptors (Lipinski definition) is 3. The largest absolute Gasteiger partial charge is 0.508 e. The molecule has 0 saturated heterocycles. The number of nitrogens with one attached hydrogen (secondary N) is 1. The standard InChI is InChI=1S/C16H19BrN2O/c1-19(2)11-12-3-6-15(7-4-12)18-10-13-9-14(17)5-8-16(13)20/h3-9,18,20H,10-11H2,1-2H3. The van der Waals surface area contributed by atoms with Crippen LogP contribution < -0.4 is 5.32 Å². The van der Waals surface area contributed by atoms with Crippen LogP contribution in [0, 0.1) is 0 Å². The van der Waals surface area contributed by atoms with Crippen molar-refractivity contribution in [1.29, 1.82) is 0 Å². The molecule has 0 heterocycles. The highest BCUT2D eigenvalue weighted by Gasteiger charge is 2.02. The Labute approximate surface area is 128 Å². The summed E-state index contributed by atoms with van der Waals surface area (Å²) >= 11 is 3.41. The van der Waals surface area contributed by atoms with E-state index in [1.54, 1.807) is 6.07 Å². The lowest BCUT2D eigenvalue weighted by atomic mass is 10.1. The Morgan fingerprint density at radius 1 is 1.10 bits per heavy atom. The maximum atomic E-state index is 9.79. The van der Waals surface area contributed by atoms with E-state index >= 15 is 0 Å². The van der Waals surface area contributed by atoms with E-state index in [-0.39, 0.29) is 0 Å². The van der Waals surface area contributed by atoms with Gasteiger partial charge in [0, 0.05) is 28.8 Å². The van der Waals surface area contributed by atoms with Crippen LogP contribution >= 0.6 is 15.9 Å². The molecule has 0 aromatic heterocycles. The molecule has 0 saturated carbocycles. The van der Waals surface area contributed by atoms with Gasteiger partial charge in [0.25, 0.3) is 0 Å². The number of halogens is 1. The van der Waals surface area contributed by atoms with Crippen molar-refractivity contribution in [3.05, 3.63) is 58.1 Å². The summed E-state index contributed by atoms with van der Waals surface area (Å²) in [5, 5.41) is 13.1. The normalized spacial score (nSPS) is 10.8. The van der Waals surface area contributed by atoms with Gasteiger partial charge in [-0.25, -0.2) is 0 Å². The van der Waals surface area contributed by atoms with Crippen molar-refractivity contribution >= 4 is 21.6 Å². The van der Waals surface area contributed by atoms with Gasteiger partial charge in [-0.15, -0.1) is 0 Å². The first-order valence-electron chi connectivity index (χ1n) is 6.49. The summed E-state index contributed by atoms with van der Waals surface area (Å²) in [6.45, 7) is 1.53. The maximum Gasteiger partial charge on any atom is 0.120 e. The molecule has 2 rings (SSSR count). The smallest absolute Gasteiger partial charge is 0.120 e. The molecule has 0 unspecified atom stereocenters. The molecule has 20 heavy (non-hydrogen) atoms. The number of anilines is 1. The number of aromatic hydroxyl groups is 1. The summed E-state index contributed by atoms with van der Waals surface area (Å²) in [6.07, 6.45) is 0. The Hall–Kier alpha value is -1.52. The van der Waals surface area contributed by atoms with Gasteiger partial charge in [-0.1, -0.05) is 28.1 Å². The zero-order chi connectivity index (χ0) is 14.5. The third-order valence-electron chi connectivity index (χ3n) is 2.98. The molecule has 0 bridgehead atoms. The Kier molecular flexibility index (Phi) is 5.04. The molecule has 3 nitrogen and oxygen atoms in total. The average Bonchev–Trinajstić information content (AvgIpc) is 2.41. The molecule has 2 N–H and O–H groups in total. The molecule has 0 fully saturated rings. The molecule has 0 aliphatic carbocycles. The van der Waals surface area contributed by atoms with E-state index in [1.165, 1.54) is 5.56 Å². The summed E-state index contributed by atoms with van der Waals surface area (Å²) in [7, 11) is 4.12. The summed E-state index contributed by atoms with van der Waals surface area (Å²) < 4.78 is 0.966. The van der Waals surface area contributed by atoms with Gasteiger partial charge in [0.2, 0.25) is 0 Å². The molecule has 0 aliphatic rings. The number of phenolic OH excluding ortho intramolecular Hbond substituents is 1. The second-order valence-electron chi connectivity index (χ2n) is 5.06. The lowest BCUT2D eigenvalue weighted by molar-refractivity contribution is 0.402. The third kappa shape index (κ3) is 4.25. The Morgan fingerprint density at radius 2 is 1.80 bits per heavy atom. The molecule has 0 amide bonds. The monoisotopic (exact) mass is 334 g/mol. The van der Waals surface area contributed by atoms with Gasteiger partial charge < -0.3 is 15.3 Å². The molecule has 0 spiro atoms. The average molecular weight is 335 g/mol. The lowest BCUT2D eigenvalue weighted by Gasteiger charge is -2.11. The van der Waals surface area contributed by atoms with E-state index in [4.69, 9.17) is 0 Å². The van der Waals surface area contributed by atoms with Crippen LogP contribution in [-0.2, 0) is 13.1 Å². The zero-order valence-electron chi connectivity index (χ0n) is 11.7. The van der Waals surface area contributed by atoms with Crippen LogP contribution in [0.3, 0.4) is 0 Å². The summed E-state index contributed by atoms with van der Waals surface area (Å²) in [6, 6.07) is 13.8. The molecule has 4 heteroatoms. The van der Waals surface area contributed by atoms with E-state index in [9.17, 15) is 5.11 Å². The van der Waals surface area contributed by atoms with E-state index < -0.39 is 0 Å². The summed E-state index contributed by atoms with van der Waals surface area (Å²) in [5.41, 5.74) is 3.20. The van der Waals surface area contributed by atoms with Crippen LogP contribution in [0.5, 0.6) is 5.75 Å². The van der Waals surface area contributed by atoms with Crippen LogP contribution in [0.15, 0.2) is 46.9 Å². The van der Waals surface area contributed by atoms with Crippen molar-refractivity contribution in [2.75, 3.05) is 19.4 Å². The first kappa shape index (κ1) is 14.9. The molecule has 2 aromatic carbocycles. The van der Waals surface area contributed by atoms with Crippen molar-refractivity contribution in [1.82, 2.24) is 4.90 Å². The quantitative estimate of drug-likeness (QED) is 0.872. The van der Waals surface area contributed by atoms with E-state index in [0.29, 0.717) is 12.3 Å². The second-order valence-corrected chi connectivity index (χ2v) is 5.98. The maximum absolute atomic E-state index is 9.79. The van der Waals surface area contributed by atoms with Crippen molar-refractivity contribution in [2.45, 2.75) is 13.1 Å². The fourth-order valence-electron chi connectivity index (χ4n) is 1.99. The minimum atomic E-state index is 0.310. The number of hydrogen-bond donors (Lipinski definition) is 2. The fraction of sp³-hybridized carbons (Fsp3) is 0.250. The number of benzene rings is 2. The highest BCUT2D eigenvalue weighted by molar-refractivity contribution is 9.10. The molecule has 0 aliphatic heterocycles. The number of nitrogens with zero attached hydrogens (tertiary/aromatic N) is 1. The van der Waals surface area contributed by atoms with Gasteiger partial charge in [-0.05, 0) is 50.0 Å². The predicted molar refractivity (Wildman–Crippen MR) is 87.0 cm³/mol. The first-order valence-corrected chi connectivity index (χ1v) is 7.29. The minimum absolute atomic E-state index is 0.310. The molecule has 0 radical (unpaired) electrons. The summed E-state index contributed by atoms with van der Waals surface area (Å²) in [4.78, 5) is 2.14. The third-order valence-corrected chi connectivity index (χ3v) is 3.47. The van der Waals surface area contributed by atoms with Gasteiger partial charge in [-0.3, -0.25) is 0 Å². The van der Waals surface area contributed by atoms with Crippen LogP contribution in [-0.4, -0.2) is 24.1 Å². The second kappa shape index (κ2) is 6.77. The highest BCUT2D eigenvalue weighted by atomic mass is 79.9. The Balaban J connectivity index is 1.98. The Morgan fingerprint density at radius 3 is 2.45 bits per heavy atom. The predicted octanol–water partition coefficient (Wildman–Crippen LogP) is 3.83. The molecular weight excluding hydrogens is 316 g/mol. The topological polar surface area (TPSA) is 35.5 Å². The van der Waals surface area contributed by atoms with Crippen LogP contribution in [0.4, 0.5) is 5.69 Å². The van der Waals surface area contributed by atoms with Gasteiger partial charge in [0.05, 0.1) is 0 Å². The number of phenols is 1. The zero-order valence-corrected chi connectivity index (χ0v) is 13.3. The van der Waals surface area contributed by atoms with Crippen LogP contribution in [0.1, 0.15) is 11.1 Å². The van der Waals surface area contributed by atoms with Crippen LogP contribution in [0.2, 0.25) is 0 Å². The van der Waals surface area contributed by atoms with Crippen molar-refractivity contribution in [2.24, 2.45) is 0 Å². The van der Waals surface area contributed by atoms with Crippen molar-refractivity contribution < 1.29 is 5.11 Å². The lowest BCUT2D eigenvalue weighted by Crippen LogP contribution is -2.10. The molecule has 2 aromatic rings. The molecule has 106 valence electrons. The Bertz CT molecular complexity index is 567. The molecule has 0 atom stereocenters. The van der Waals surface area contributed by atoms with E-state index in [1.807, 2.05) is 12.1 Å². The van der Waals surface area contributed by atoms with Gasteiger partial charge >= 0.3 is 0 Å². The molecular formula is C16H19BrN2O. The summed E-state index contributed by atoms with van der Waals surface area (Å²) in [5.74, 6) is 0.310. The highest BCUT2D eigenvalue weighted by Crippen LogP contribution is 2.23. The first-order chi connectivity index (χ1) is 9.54. The van der Waals surface area contributed by atoms with E-state index in [2.05, 4.69) is 64.5 Å². The van der Waals surface area contributed by atoms with Gasteiger partial charge in [-0.2, -0.15) is 0 Å². The van der Waals surface area contributed by atoms with Gasteiger partial charge in [0.15, 0.2) is 0 Å². The van der Waals surface area contributed by atoms with Crippen molar-refractivity contribution in [3.63, 3.8) is 0 Å². The fourth-order valence-corrected chi connectivity index (χ4v) is 2.39.